The van der Waals surface area contributed by atoms with Gasteiger partial charge in [0.25, 0.3) is 6.02 Å². The summed E-state index contributed by atoms with van der Waals surface area (Å²) in [5, 5.41) is 0.341. The highest BCUT2D eigenvalue weighted by atomic mass is 35.5. The van der Waals surface area contributed by atoms with Crippen LogP contribution >= 0.6 is 11.6 Å². The van der Waals surface area contributed by atoms with E-state index in [-0.39, 0.29) is 24.5 Å². The predicted molar refractivity (Wildman–Crippen MR) is 104 cm³/mol. The fraction of sp³-hybridized carbons (Fsp3) is 0.381. The van der Waals surface area contributed by atoms with E-state index in [1.54, 1.807) is 6.07 Å². The molecule has 0 aromatic heterocycles. The Bertz CT molecular complexity index is 977. The van der Waals surface area contributed by atoms with Crippen molar-refractivity contribution in [2.45, 2.75) is 37.0 Å². The van der Waals surface area contributed by atoms with E-state index in [1.165, 1.54) is 12.1 Å². The molecule has 5 nitrogen and oxygen atoms in total. The second-order valence-corrected chi connectivity index (χ2v) is 8.11. The summed E-state index contributed by atoms with van der Waals surface area (Å²) in [5.74, 6) is 0.335. The minimum absolute atomic E-state index is 0.140. The first-order valence-corrected chi connectivity index (χ1v) is 9.69. The molecular formula is C21H20ClFN2O3. The van der Waals surface area contributed by atoms with Gasteiger partial charge < -0.3 is 19.9 Å². The minimum Gasteiger partial charge on any atom is -0.487 e. The highest BCUT2D eigenvalue weighted by Crippen LogP contribution is 2.54. The first-order valence-electron chi connectivity index (χ1n) is 9.31. The molecule has 28 heavy (non-hydrogen) atoms. The van der Waals surface area contributed by atoms with Crippen LogP contribution in [0.25, 0.3) is 11.1 Å². The van der Waals surface area contributed by atoms with Crippen molar-refractivity contribution < 1.29 is 18.6 Å². The Balaban J connectivity index is 1.71. The van der Waals surface area contributed by atoms with E-state index in [4.69, 9.17) is 36.5 Å². The van der Waals surface area contributed by atoms with Gasteiger partial charge in [-0.15, -0.1) is 0 Å². The van der Waals surface area contributed by atoms with Crippen LogP contribution in [0.15, 0.2) is 41.4 Å². The molecule has 0 aliphatic carbocycles. The van der Waals surface area contributed by atoms with Crippen molar-refractivity contribution >= 4 is 17.6 Å². The molecule has 146 valence electrons. The molecule has 2 aromatic rings. The smallest absolute Gasteiger partial charge is 0.283 e. The fourth-order valence-electron chi connectivity index (χ4n) is 4.58. The van der Waals surface area contributed by atoms with Crippen molar-refractivity contribution in [3.05, 3.63) is 52.8 Å². The van der Waals surface area contributed by atoms with Gasteiger partial charge in [-0.3, -0.25) is 0 Å². The SMILES string of the molecule is C[C@]12OCCC[C@@H]1Oc1ccc(-c3cc(F)cc(Cl)c3)cc1C21COC(N)=N1. The average molecular weight is 403 g/mol. The van der Waals surface area contributed by atoms with Gasteiger partial charge in [-0.2, -0.15) is 0 Å². The minimum atomic E-state index is -0.817. The first kappa shape index (κ1) is 17.8. The Hall–Kier alpha value is -2.31. The quantitative estimate of drug-likeness (QED) is 0.782. The van der Waals surface area contributed by atoms with Gasteiger partial charge in [0.1, 0.15) is 29.9 Å². The van der Waals surface area contributed by atoms with Gasteiger partial charge in [0.05, 0.1) is 0 Å². The lowest BCUT2D eigenvalue weighted by atomic mass is 9.69. The number of benzene rings is 2. The topological polar surface area (TPSA) is 66.1 Å². The number of nitrogens with two attached hydrogens (primary N) is 1. The summed E-state index contributed by atoms with van der Waals surface area (Å²) in [6.45, 7) is 2.91. The Morgan fingerprint density at radius 1 is 1.21 bits per heavy atom. The summed E-state index contributed by atoms with van der Waals surface area (Å²) in [5.41, 5.74) is 6.71. The van der Waals surface area contributed by atoms with E-state index in [2.05, 4.69) is 0 Å². The Labute approximate surface area is 167 Å². The van der Waals surface area contributed by atoms with Crippen LogP contribution in [0.3, 0.4) is 0 Å². The van der Waals surface area contributed by atoms with Gasteiger partial charge in [-0.1, -0.05) is 17.7 Å². The van der Waals surface area contributed by atoms with Crippen molar-refractivity contribution in [3.8, 4) is 16.9 Å². The molecule has 3 aliphatic heterocycles. The third kappa shape index (κ3) is 2.44. The molecule has 0 bridgehead atoms. The zero-order valence-corrected chi connectivity index (χ0v) is 16.1. The standard InChI is InChI=1S/C21H20ClFN2O3/c1-20-18(3-2-6-27-20)28-17-5-4-12(13-7-14(22)10-15(23)8-13)9-16(17)21(20)11-26-19(24)25-21/h4-5,7-10,18H,2-3,6,11H2,1H3,(H2,24,25)/t18-,20-,21?/m0/s1. The van der Waals surface area contributed by atoms with Crippen molar-refractivity contribution in [2.75, 3.05) is 13.2 Å². The highest BCUT2D eigenvalue weighted by Gasteiger charge is 2.63. The van der Waals surface area contributed by atoms with E-state index in [0.717, 1.165) is 29.7 Å². The molecule has 7 heteroatoms. The number of nitrogens with zero attached hydrogens (tertiary/aromatic N) is 1. The maximum atomic E-state index is 13.9. The van der Waals surface area contributed by atoms with Gasteiger partial charge in [0.2, 0.25) is 0 Å². The van der Waals surface area contributed by atoms with Crippen LogP contribution in [0.2, 0.25) is 5.02 Å². The van der Waals surface area contributed by atoms with Crippen LogP contribution in [0.5, 0.6) is 5.75 Å². The maximum absolute atomic E-state index is 13.9. The van der Waals surface area contributed by atoms with Crippen LogP contribution in [-0.4, -0.2) is 30.9 Å². The summed E-state index contributed by atoms with van der Waals surface area (Å²) in [6, 6.07) is 10.3. The Morgan fingerprint density at radius 3 is 2.82 bits per heavy atom. The van der Waals surface area contributed by atoms with Gasteiger partial charge in [-0.05, 0) is 61.2 Å². The first-order chi connectivity index (χ1) is 13.4. The number of ether oxygens (including phenoxy) is 3. The van der Waals surface area contributed by atoms with Crippen molar-refractivity contribution in [1.82, 2.24) is 0 Å². The van der Waals surface area contributed by atoms with Crippen LogP contribution in [0, 0.1) is 5.82 Å². The molecule has 1 fully saturated rings. The van der Waals surface area contributed by atoms with Gasteiger partial charge in [0.15, 0.2) is 5.54 Å². The lowest BCUT2D eigenvalue weighted by Crippen LogP contribution is -2.64. The number of fused-ring (bicyclic) bond motifs is 4. The highest BCUT2D eigenvalue weighted by molar-refractivity contribution is 6.30. The molecule has 2 aromatic carbocycles. The molecule has 0 radical (unpaired) electrons. The Kier molecular flexibility index (Phi) is 3.87. The van der Waals surface area contributed by atoms with Gasteiger partial charge in [0, 0.05) is 17.2 Å². The molecule has 0 amide bonds. The molecular weight excluding hydrogens is 383 g/mol. The number of rotatable bonds is 1. The number of hydrogen-bond acceptors (Lipinski definition) is 5. The molecule has 5 rings (SSSR count). The van der Waals surface area contributed by atoms with Gasteiger partial charge in [-0.25, -0.2) is 9.38 Å². The van der Waals surface area contributed by atoms with E-state index in [0.29, 0.717) is 17.2 Å². The van der Waals surface area contributed by atoms with Crippen LogP contribution in [0.4, 0.5) is 4.39 Å². The van der Waals surface area contributed by atoms with Crippen LogP contribution < -0.4 is 10.5 Å². The molecule has 1 spiro atoms. The van der Waals surface area contributed by atoms with Gasteiger partial charge >= 0.3 is 0 Å². The van der Waals surface area contributed by atoms with Crippen molar-refractivity contribution in [3.63, 3.8) is 0 Å². The lowest BCUT2D eigenvalue weighted by molar-refractivity contribution is -0.188. The zero-order chi connectivity index (χ0) is 19.5. The summed E-state index contributed by atoms with van der Waals surface area (Å²) in [6.07, 6.45) is 1.64. The normalized spacial score (nSPS) is 30.8. The average Bonchev–Trinajstić information content (AvgIpc) is 3.05. The number of hydrogen-bond donors (Lipinski definition) is 1. The third-order valence-electron chi connectivity index (χ3n) is 6.07. The van der Waals surface area contributed by atoms with Crippen molar-refractivity contribution in [2.24, 2.45) is 10.7 Å². The zero-order valence-electron chi connectivity index (χ0n) is 15.4. The molecule has 0 saturated carbocycles. The summed E-state index contributed by atoms with van der Waals surface area (Å²) in [7, 11) is 0. The molecule has 3 atom stereocenters. The van der Waals surface area contributed by atoms with E-state index in [1.807, 2.05) is 25.1 Å². The second kappa shape index (κ2) is 6.09. The number of amidine groups is 1. The predicted octanol–water partition coefficient (Wildman–Crippen LogP) is 4.02. The van der Waals surface area contributed by atoms with E-state index in [9.17, 15) is 4.39 Å². The molecule has 1 saturated heterocycles. The monoisotopic (exact) mass is 402 g/mol. The molecule has 3 heterocycles. The lowest BCUT2D eigenvalue weighted by Gasteiger charge is -2.53. The number of halogens is 2. The maximum Gasteiger partial charge on any atom is 0.283 e. The van der Waals surface area contributed by atoms with E-state index < -0.39 is 11.1 Å². The van der Waals surface area contributed by atoms with E-state index >= 15 is 0 Å². The van der Waals surface area contributed by atoms with Crippen LogP contribution in [-0.2, 0) is 15.0 Å². The Morgan fingerprint density at radius 2 is 2.07 bits per heavy atom. The number of aliphatic imine (C=N–C) groups is 1. The summed E-state index contributed by atoms with van der Waals surface area (Å²) >= 11 is 6.05. The third-order valence-corrected chi connectivity index (χ3v) is 6.29. The second-order valence-electron chi connectivity index (χ2n) is 7.67. The van der Waals surface area contributed by atoms with Crippen LogP contribution in [0.1, 0.15) is 25.3 Å². The molecule has 1 unspecified atom stereocenters. The summed E-state index contributed by atoms with van der Waals surface area (Å²) in [4.78, 5) is 4.71. The summed E-state index contributed by atoms with van der Waals surface area (Å²) < 4.78 is 32.1. The largest absolute Gasteiger partial charge is 0.487 e. The molecule has 3 aliphatic rings. The fourth-order valence-corrected chi connectivity index (χ4v) is 4.80. The van der Waals surface area contributed by atoms with Crippen molar-refractivity contribution in [1.29, 1.82) is 0 Å². The molecule has 2 N–H and O–H groups in total.